The molecule has 1 aliphatic rings. The summed E-state index contributed by atoms with van der Waals surface area (Å²) < 4.78 is 7.76. The maximum absolute atomic E-state index is 12.1. The van der Waals surface area contributed by atoms with Crippen LogP contribution in [0.25, 0.3) is 5.65 Å². The highest BCUT2D eigenvalue weighted by atomic mass is 35.5. The minimum absolute atomic E-state index is 0. The van der Waals surface area contributed by atoms with Crippen molar-refractivity contribution < 1.29 is 9.53 Å². The summed E-state index contributed by atoms with van der Waals surface area (Å²) in [5.41, 5.74) is 2.56. The van der Waals surface area contributed by atoms with Crippen LogP contribution in [0, 0.1) is 0 Å². The van der Waals surface area contributed by atoms with E-state index in [1.54, 1.807) is 0 Å². The second-order valence-electron chi connectivity index (χ2n) is 6.56. The number of carbonyl (C=O) groups is 1. The van der Waals surface area contributed by atoms with E-state index in [0.717, 1.165) is 42.2 Å². The quantitative estimate of drug-likeness (QED) is 0.632. The van der Waals surface area contributed by atoms with Crippen molar-refractivity contribution >= 4 is 42.1 Å². The van der Waals surface area contributed by atoms with Gasteiger partial charge in [0.15, 0.2) is 0 Å². The van der Waals surface area contributed by atoms with E-state index < -0.39 is 0 Å². The van der Waals surface area contributed by atoms with Crippen molar-refractivity contribution in [3.8, 4) is 5.75 Å². The molecule has 1 atom stereocenters. The molecule has 2 aromatic heterocycles. The summed E-state index contributed by atoms with van der Waals surface area (Å²) in [7, 11) is 0. The first-order chi connectivity index (χ1) is 12.8. The molecule has 0 aliphatic carbocycles. The van der Waals surface area contributed by atoms with Gasteiger partial charge in [-0.2, -0.15) is 0 Å². The lowest BCUT2D eigenvalue weighted by Gasteiger charge is -2.11. The molecule has 8 heteroatoms. The third-order valence-corrected chi connectivity index (χ3v) is 4.53. The Morgan fingerprint density at radius 1 is 1.21 bits per heavy atom. The zero-order chi connectivity index (χ0) is 17.8. The number of pyridine rings is 1. The molecule has 0 radical (unpaired) electrons. The molecule has 1 aromatic carbocycles. The molecular formula is C20H24Cl2N4O2. The zero-order valence-corrected chi connectivity index (χ0v) is 17.0. The van der Waals surface area contributed by atoms with E-state index in [2.05, 4.69) is 15.6 Å². The van der Waals surface area contributed by atoms with Gasteiger partial charge in [-0.05, 0) is 55.8 Å². The van der Waals surface area contributed by atoms with Crippen molar-refractivity contribution in [2.24, 2.45) is 0 Å². The van der Waals surface area contributed by atoms with Crippen LogP contribution in [0.2, 0.25) is 0 Å². The van der Waals surface area contributed by atoms with Gasteiger partial charge in [0, 0.05) is 30.5 Å². The van der Waals surface area contributed by atoms with Crippen LogP contribution in [0.3, 0.4) is 0 Å². The summed E-state index contributed by atoms with van der Waals surface area (Å²) in [4.78, 5) is 16.6. The average Bonchev–Trinajstić information content (AvgIpc) is 3.30. The van der Waals surface area contributed by atoms with Crippen molar-refractivity contribution in [2.75, 3.05) is 11.9 Å². The first-order valence-corrected chi connectivity index (χ1v) is 8.95. The normalized spacial score (nSPS) is 15.5. The van der Waals surface area contributed by atoms with Crippen molar-refractivity contribution in [3.05, 3.63) is 60.6 Å². The van der Waals surface area contributed by atoms with Gasteiger partial charge < -0.3 is 19.8 Å². The van der Waals surface area contributed by atoms with Gasteiger partial charge in [-0.15, -0.1) is 24.8 Å². The molecule has 28 heavy (non-hydrogen) atoms. The molecular weight excluding hydrogens is 399 g/mol. The standard InChI is InChI=1S/C20H22N4O2.2ClH/c25-20(12-16-4-3-10-21-16)23-15-6-8-18(9-7-15)26-14-17-13-24-11-2-1-5-19(24)22-17;;/h1-2,5-9,11,13,16,21H,3-4,10,12,14H2,(H,23,25);2*1H. The summed E-state index contributed by atoms with van der Waals surface area (Å²) in [5, 5.41) is 6.27. The molecule has 1 saturated heterocycles. The highest BCUT2D eigenvalue weighted by molar-refractivity contribution is 5.91. The van der Waals surface area contributed by atoms with Crippen molar-refractivity contribution in [1.29, 1.82) is 0 Å². The molecule has 3 heterocycles. The van der Waals surface area contributed by atoms with Gasteiger partial charge >= 0.3 is 0 Å². The van der Waals surface area contributed by atoms with E-state index in [-0.39, 0.29) is 30.7 Å². The van der Waals surface area contributed by atoms with Crippen LogP contribution in [0.4, 0.5) is 5.69 Å². The van der Waals surface area contributed by atoms with Gasteiger partial charge in [-0.1, -0.05) is 6.07 Å². The average molecular weight is 423 g/mol. The number of hydrogen-bond acceptors (Lipinski definition) is 4. The van der Waals surface area contributed by atoms with Crippen LogP contribution in [-0.4, -0.2) is 27.9 Å². The van der Waals surface area contributed by atoms with Crippen molar-refractivity contribution in [2.45, 2.75) is 31.9 Å². The number of imidazole rings is 1. The summed E-state index contributed by atoms with van der Waals surface area (Å²) >= 11 is 0. The third-order valence-electron chi connectivity index (χ3n) is 4.53. The second-order valence-corrected chi connectivity index (χ2v) is 6.56. The number of hydrogen-bond donors (Lipinski definition) is 2. The van der Waals surface area contributed by atoms with E-state index in [9.17, 15) is 4.79 Å². The Hall–Kier alpha value is -2.28. The second kappa shape index (κ2) is 10.3. The van der Waals surface area contributed by atoms with Gasteiger partial charge in [0.1, 0.15) is 18.0 Å². The number of anilines is 1. The topological polar surface area (TPSA) is 67.7 Å². The number of aromatic nitrogens is 2. The minimum atomic E-state index is 0. The fraction of sp³-hybridized carbons (Fsp3) is 0.300. The van der Waals surface area contributed by atoms with Crippen LogP contribution in [0.5, 0.6) is 5.75 Å². The molecule has 0 spiro atoms. The number of nitrogens with zero attached hydrogens (tertiary/aromatic N) is 2. The number of benzene rings is 1. The molecule has 150 valence electrons. The maximum atomic E-state index is 12.1. The van der Waals surface area contributed by atoms with Crippen LogP contribution >= 0.6 is 24.8 Å². The van der Waals surface area contributed by atoms with E-state index in [1.165, 1.54) is 0 Å². The fourth-order valence-corrected chi connectivity index (χ4v) is 3.22. The third kappa shape index (κ3) is 5.61. The molecule has 0 bridgehead atoms. The van der Waals surface area contributed by atoms with Crippen LogP contribution in [0.1, 0.15) is 25.0 Å². The number of fused-ring (bicyclic) bond motifs is 1. The zero-order valence-electron chi connectivity index (χ0n) is 15.3. The Kier molecular flexibility index (Phi) is 8.11. The first-order valence-electron chi connectivity index (χ1n) is 8.95. The van der Waals surface area contributed by atoms with Gasteiger partial charge in [0.25, 0.3) is 0 Å². The molecule has 0 saturated carbocycles. The van der Waals surface area contributed by atoms with Gasteiger partial charge in [-0.25, -0.2) is 4.98 Å². The predicted octanol–water partition coefficient (Wildman–Crippen LogP) is 3.84. The van der Waals surface area contributed by atoms with Crippen molar-refractivity contribution in [1.82, 2.24) is 14.7 Å². The van der Waals surface area contributed by atoms with Gasteiger partial charge in [0.05, 0.1) is 5.69 Å². The van der Waals surface area contributed by atoms with E-state index in [1.807, 2.05) is 59.3 Å². The van der Waals surface area contributed by atoms with E-state index in [0.29, 0.717) is 19.1 Å². The van der Waals surface area contributed by atoms with Crippen molar-refractivity contribution in [3.63, 3.8) is 0 Å². The van der Waals surface area contributed by atoms with E-state index >= 15 is 0 Å². The monoisotopic (exact) mass is 422 g/mol. The summed E-state index contributed by atoms with van der Waals surface area (Å²) in [6, 6.07) is 13.6. The molecule has 3 aromatic rings. The smallest absolute Gasteiger partial charge is 0.225 e. The summed E-state index contributed by atoms with van der Waals surface area (Å²) in [5.74, 6) is 0.792. The number of ether oxygens (including phenoxy) is 1. The fourth-order valence-electron chi connectivity index (χ4n) is 3.22. The Morgan fingerprint density at radius 2 is 2.04 bits per heavy atom. The number of amides is 1. The van der Waals surface area contributed by atoms with Gasteiger partial charge in [0.2, 0.25) is 5.91 Å². The van der Waals surface area contributed by atoms with E-state index in [4.69, 9.17) is 4.74 Å². The molecule has 6 nitrogen and oxygen atoms in total. The first kappa shape index (κ1) is 22.0. The molecule has 1 fully saturated rings. The lowest BCUT2D eigenvalue weighted by molar-refractivity contribution is -0.116. The highest BCUT2D eigenvalue weighted by Crippen LogP contribution is 2.18. The molecule has 2 N–H and O–H groups in total. The Bertz CT molecular complexity index is 860. The number of rotatable bonds is 6. The molecule has 1 amide bonds. The lowest BCUT2D eigenvalue weighted by Crippen LogP contribution is -2.27. The van der Waals surface area contributed by atoms with Crippen LogP contribution in [0.15, 0.2) is 54.9 Å². The number of carbonyl (C=O) groups excluding carboxylic acids is 1. The summed E-state index contributed by atoms with van der Waals surface area (Å²) in [6.45, 7) is 1.41. The Balaban J connectivity index is 0.00000140. The Labute approximate surface area is 176 Å². The SMILES string of the molecule is Cl.Cl.O=C(CC1CCCN1)Nc1ccc(OCc2cn3ccccc3n2)cc1. The molecule has 4 rings (SSSR count). The number of nitrogens with one attached hydrogen (secondary N) is 2. The molecule has 1 aliphatic heterocycles. The van der Waals surface area contributed by atoms with Crippen LogP contribution < -0.4 is 15.4 Å². The lowest BCUT2D eigenvalue weighted by atomic mass is 10.1. The largest absolute Gasteiger partial charge is 0.487 e. The Morgan fingerprint density at radius 3 is 2.75 bits per heavy atom. The number of halogens is 2. The maximum Gasteiger partial charge on any atom is 0.225 e. The predicted molar refractivity (Wildman–Crippen MR) is 115 cm³/mol. The summed E-state index contributed by atoms with van der Waals surface area (Å²) in [6.07, 6.45) is 6.66. The van der Waals surface area contributed by atoms with Crippen LogP contribution in [-0.2, 0) is 11.4 Å². The molecule has 1 unspecified atom stereocenters. The highest BCUT2D eigenvalue weighted by Gasteiger charge is 2.17. The minimum Gasteiger partial charge on any atom is -0.487 e. The van der Waals surface area contributed by atoms with Gasteiger partial charge in [-0.3, -0.25) is 4.79 Å².